The van der Waals surface area contributed by atoms with E-state index >= 15 is 0 Å². The summed E-state index contributed by atoms with van der Waals surface area (Å²) in [5.74, 6) is 1.03. The lowest BCUT2D eigenvalue weighted by molar-refractivity contribution is 0.519. The fourth-order valence-electron chi connectivity index (χ4n) is 16.0. The van der Waals surface area contributed by atoms with Crippen molar-refractivity contribution in [1.29, 1.82) is 0 Å². The monoisotopic (exact) mass is 1100 g/mol. The third kappa shape index (κ3) is 6.71. The van der Waals surface area contributed by atoms with E-state index in [0.29, 0.717) is 11.8 Å². The van der Waals surface area contributed by atoms with Gasteiger partial charge in [-0.05, 0) is 139 Å². The molecule has 404 valence electrons. The second-order valence-electron chi connectivity index (χ2n) is 23.8. The molecule has 0 bridgehead atoms. The maximum atomic E-state index is 2.57. The van der Waals surface area contributed by atoms with E-state index in [1.807, 2.05) is 0 Å². The van der Waals surface area contributed by atoms with Gasteiger partial charge >= 0.3 is 0 Å². The molecule has 3 unspecified atom stereocenters. The maximum Gasteiger partial charge on any atom is 0.0641 e. The van der Waals surface area contributed by atoms with Crippen LogP contribution in [0, 0.1) is 5.92 Å². The molecule has 12 aromatic carbocycles. The molecule has 0 amide bonds. The van der Waals surface area contributed by atoms with Crippen LogP contribution in [0.4, 0.5) is 0 Å². The minimum Gasteiger partial charge on any atom is -0.309 e. The number of aromatic nitrogens is 5. The molecular formula is C81H55N5. The summed E-state index contributed by atoms with van der Waals surface area (Å²) in [6.45, 7) is 0. The van der Waals surface area contributed by atoms with Crippen molar-refractivity contribution in [1.82, 2.24) is 22.8 Å². The summed E-state index contributed by atoms with van der Waals surface area (Å²) in [5, 5.41) is 12.5. The minimum absolute atomic E-state index is 0.198. The van der Waals surface area contributed by atoms with Crippen molar-refractivity contribution in [3.05, 3.63) is 308 Å². The van der Waals surface area contributed by atoms with E-state index in [2.05, 4.69) is 314 Å². The molecule has 2 aliphatic rings. The average Bonchev–Trinajstić information content (AvgIpc) is 1.89. The first-order chi connectivity index (χ1) is 42.7. The number of hydrogen-bond acceptors (Lipinski definition) is 0. The lowest BCUT2D eigenvalue weighted by atomic mass is 9.81. The molecule has 2 aliphatic carbocycles. The largest absolute Gasteiger partial charge is 0.309 e. The first-order valence-electron chi connectivity index (χ1n) is 30.4. The fraction of sp³-hybridized carbons (Fsp3) is 0.0617. The number of allylic oxidation sites excluding steroid dienone is 4. The summed E-state index contributed by atoms with van der Waals surface area (Å²) >= 11 is 0. The van der Waals surface area contributed by atoms with Crippen molar-refractivity contribution < 1.29 is 0 Å². The molecule has 5 heterocycles. The highest BCUT2D eigenvalue weighted by atomic mass is 15.0. The lowest BCUT2D eigenvalue weighted by Crippen LogP contribution is -2.10. The molecule has 5 nitrogen and oxygen atoms in total. The molecule has 19 rings (SSSR count). The van der Waals surface area contributed by atoms with Gasteiger partial charge in [-0.15, -0.1) is 0 Å². The van der Waals surface area contributed by atoms with E-state index in [0.717, 1.165) is 35.6 Å². The van der Waals surface area contributed by atoms with Gasteiger partial charge in [-0.2, -0.15) is 0 Å². The van der Waals surface area contributed by atoms with Crippen LogP contribution in [-0.4, -0.2) is 22.8 Å². The van der Waals surface area contributed by atoms with Crippen LogP contribution in [-0.2, 0) is 0 Å². The molecule has 86 heavy (non-hydrogen) atoms. The highest BCUT2D eigenvalue weighted by molar-refractivity contribution is 6.29. The normalized spacial score (nSPS) is 16.1. The van der Waals surface area contributed by atoms with E-state index in [1.165, 1.54) is 131 Å². The summed E-state index contributed by atoms with van der Waals surface area (Å²) in [4.78, 5) is 0. The van der Waals surface area contributed by atoms with Gasteiger partial charge in [-0.1, -0.05) is 188 Å². The SMILES string of the molecule is C1=CC2CCC(c3cc(-n4c5ccccc5c5ccccc54)cc(-n4c5ccccc5c5c6c7ccccc7n(-c7cccc(-n8c9ccccc9c9c8ccc8c%10ccccc%10n(-c%10ccccc%10)c89)c7)c6ccc54)c3)c3ccccc3C2C=C1. The standard InChI is InChI=1S/C81H55N5/c1-2-22-53(23-3-1)86-71-37-16-10-31-64(71)65-43-44-77-80(81(65)86)68-34-13-19-40-74(68)83(77)55-25-20-24-54(49-55)82-72-38-17-11-32-66(72)78-75(82)45-46-76-79(78)67-33-12-18-39-73(67)85(76)57-48-52(59-42-41-51-21-4-5-26-58(51)60-27-6-7-28-61(59)60)47-56(50-57)84-69-35-14-8-29-62(69)63-30-9-15-36-70(63)84/h1-40,43-51,58-59H,41-42H2. The van der Waals surface area contributed by atoms with E-state index in [9.17, 15) is 0 Å². The van der Waals surface area contributed by atoms with E-state index in [1.54, 1.807) is 0 Å². The number of benzene rings is 12. The molecule has 17 aromatic rings. The van der Waals surface area contributed by atoms with Crippen molar-refractivity contribution in [3.63, 3.8) is 0 Å². The molecule has 0 spiro atoms. The zero-order valence-corrected chi connectivity index (χ0v) is 47.1. The van der Waals surface area contributed by atoms with Crippen LogP contribution >= 0.6 is 0 Å². The summed E-state index contributed by atoms with van der Waals surface area (Å²) < 4.78 is 12.5. The summed E-state index contributed by atoms with van der Waals surface area (Å²) in [7, 11) is 0. The zero-order valence-electron chi connectivity index (χ0n) is 47.1. The maximum absolute atomic E-state index is 2.57. The minimum atomic E-state index is 0.198. The number of para-hydroxylation sites is 7. The zero-order chi connectivity index (χ0) is 56.1. The van der Waals surface area contributed by atoms with Crippen molar-refractivity contribution in [3.8, 4) is 28.4 Å². The lowest BCUT2D eigenvalue weighted by Gasteiger charge is -2.24. The van der Waals surface area contributed by atoms with Crippen LogP contribution in [0.15, 0.2) is 291 Å². The molecule has 0 N–H and O–H groups in total. The van der Waals surface area contributed by atoms with Gasteiger partial charge in [-0.25, -0.2) is 0 Å². The topological polar surface area (TPSA) is 24.6 Å². The second kappa shape index (κ2) is 18.3. The van der Waals surface area contributed by atoms with Crippen molar-refractivity contribution >= 4 is 109 Å². The predicted octanol–water partition coefficient (Wildman–Crippen LogP) is 20.9. The van der Waals surface area contributed by atoms with Gasteiger partial charge in [0.25, 0.3) is 0 Å². The first-order valence-corrected chi connectivity index (χ1v) is 30.4. The van der Waals surface area contributed by atoms with Gasteiger partial charge in [0.15, 0.2) is 0 Å². The van der Waals surface area contributed by atoms with Crippen LogP contribution in [0.5, 0.6) is 0 Å². The molecule has 0 saturated heterocycles. The van der Waals surface area contributed by atoms with E-state index in [-0.39, 0.29) is 5.92 Å². The van der Waals surface area contributed by atoms with Gasteiger partial charge < -0.3 is 22.8 Å². The van der Waals surface area contributed by atoms with Crippen LogP contribution in [0.2, 0.25) is 0 Å². The van der Waals surface area contributed by atoms with Crippen LogP contribution in [0.3, 0.4) is 0 Å². The van der Waals surface area contributed by atoms with Crippen molar-refractivity contribution in [2.75, 3.05) is 0 Å². The van der Waals surface area contributed by atoms with Gasteiger partial charge in [0.05, 0.1) is 55.2 Å². The van der Waals surface area contributed by atoms with Crippen LogP contribution < -0.4 is 0 Å². The van der Waals surface area contributed by atoms with E-state index in [4.69, 9.17) is 0 Å². The smallest absolute Gasteiger partial charge is 0.0641 e. The summed E-state index contributed by atoms with van der Waals surface area (Å²) in [6, 6.07) is 100. The van der Waals surface area contributed by atoms with Crippen LogP contribution in [0.1, 0.15) is 41.4 Å². The molecule has 0 saturated carbocycles. The Morgan fingerprint density at radius 2 is 0.663 bits per heavy atom. The number of rotatable bonds is 6. The molecular weight excluding hydrogens is 1040 g/mol. The third-order valence-corrected chi connectivity index (χ3v) is 19.5. The Morgan fingerprint density at radius 1 is 0.256 bits per heavy atom. The van der Waals surface area contributed by atoms with E-state index < -0.39 is 0 Å². The molecule has 5 aromatic heterocycles. The van der Waals surface area contributed by atoms with Gasteiger partial charge in [0, 0.05) is 94.1 Å². The van der Waals surface area contributed by atoms with Gasteiger partial charge in [0.1, 0.15) is 0 Å². The van der Waals surface area contributed by atoms with Crippen LogP contribution in [0.25, 0.3) is 137 Å². The fourth-order valence-corrected chi connectivity index (χ4v) is 16.0. The number of hydrogen-bond donors (Lipinski definition) is 0. The second-order valence-corrected chi connectivity index (χ2v) is 23.8. The Labute approximate surface area is 496 Å². The quantitative estimate of drug-likeness (QED) is 0.159. The highest BCUT2D eigenvalue weighted by Crippen LogP contribution is 2.49. The number of nitrogens with zero attached hydrogens (tertiary/aromatic N) is 5. The van der Waals surface area contributed by atoms with Gasteiger partial charge in [-0.3, -0.25) is 0 Å². The Kier molecular flexibility index (Phi) is 10.1. The Hall–Kier alpha value is -10.9. The first kappa shape index (κ1) is 47.6. The predicted molar refractivity (Wildman–Crippen MR) is 360 cm³/mol. The van der Waals surface area contributed by atoms with Crippen molar-refractivity contribution in [2.24, 2.45) is 5.92 Å². The van der Waals surface area contributed by atoms with Crippen molar-refractivity contribution in [2.45, 2.75) is 24.7 Å². The van der Waals surface area contributed by atoms with Gasteiger partial charge in [0.2, 0.25) is 0 Å². The molecule has 0 aliphatic heterocycles. The Morgan fingerprint density at radius 3 is 1.26 bits per heavy atom. The number of fused-ring (bicyclic) bond motifs is 20. The summed E-state index contributed by atoms with van der Waals surface area (Å²) in [5.41, 5.74) is 21.9. The summed E-state index contributed by atoms with van der Waals surface area (Å²) in [6.07, 6.45) is 11.6. The molecule has 0 fully saturated rings. The molecule has 5 heteroatoms. The Bertz CT molecular complexity index is 5700. The third-order valence-electron chi connectivity index (χ3n) is 19.5. The Balaban J connectivity index is 0.840. The molecule has 0 radical (unpaired) electrons. The molecule has 3 atom stereocenters. The highest BCUT2D eigenvalue weighted by Gasteiger charge is 2.32. The average molecular weight is 1100 g/mol.